The van der Waals surface area contributed by atoms with Crippen LogP contribution < -0.4 is 10.4 Å². The van der Waals surface area contributed by atoms with Crippen LogP contribution >= 0.6 is 0 Å². The zero-order valence-corrected chi connectivity index (χ0v) is 13.6. The number of carbonyl (C=O) groups excluding carboxylic acids is 1. The summed E-state index contributed by atoms with van der Waals surface area (Å²) < 4.78 is 0. The highest BCUT2D eigenvalue weighted by Crippen LogP contribution is 2.28. The van der Waals surface area contributed by atoms with Crippen LogP contribution in [0.2, 0.25) is 0 Å². The Bertz CT molecular complexity index is 1070. The Kier molecular flexibility index (Phi) is 3.20. The molecule has 24 heavy (non-hydrogen) atoms. The van der Waals surface area contributed by atoms with Crippen LogP contribution in [0.1, 0.15) is 34.0 Å². The maximum atomic E-state index is 12.4. The van der Waals surface area contributed by atoms with Gasteiger partial charge >= 0.3 is 0 Å². The summed E-state index contributed by atoms with van der Waals surface area (Å²) in [6, 6.07) is 9.61. The Labute approximate surface area is 140 Å². The van der Waals surface area contributed by atoms with Crippen molar-refractivity contribution in [1.29, 1.82) is 0 Å². The van der Waals surface area contributed by atoms with E-state index in [9.17, 15) is 9.90 Å². The lowest BCUT2D eigenvalue weighted by Crippen LogP contribution is -2.33. The molecular weight excluding hydrogens is 296 g/mol. The van der Waals surface area contributed by atoms with Crippen LogP contribution in [0.15, 0.2) is 54.1 Å². The van der Waals surface area contributed by atoms with E-state index < -0.39 is 0 Å². The highest BCUT2D eigenvalue weighted by Gasteiger charge is 2.24. The van der Waals surface area contributed by atoms with Gasteiger partial charge in [-0.05, 0) is 37.1 Å². The van der Waals surface area contributed by atoms with Crippen LogP contribution in [0.5, 0.6) is 5.75 Å². The Morgan fingerprint density at radius 1 is 1.04 bits per heavy atom. The third-order valence-electron chi connectivity index (χ3n) is 4.65. The molecule has 2 aliphatic rings. The van der Waals surface area contributed by atoms with Crippen molar-refractivity contribution < 1.29 is 9.90 Å². The summed E-state index contributed by atoms with van der Waals surface area (Å²) in [5.41, 5.74) is 4.81. The molecule has 0 fully saturated rings. The fourth-order valence-corrected chi connectivity index (χ4v) is 3.42. The van der Waals surface area contributed by atoms with Gasteiger partial charge in [-0.2, -0.15) is 0 Å². The summed E-state index contributed by atoms with van der Waals surface area (Å²) in [5.74, 6) is 0.131. The molecular formula is C22H16O2+. The number of aryl methyl sites for hydroxylation is 1. The molecule has 0 saturated carbocycles. The zero-order valence-electron chi connectivity index (χ0n) is 13.6. The van der Waals surface area contributed by atoms with Crippen molar-refractivity contribution in [3.05, 3.63) is 93.2 Å². The zero-order chi connectivity index (χ0) is 16.8. The van der Waals surface area contributed by atoms with Gasteiger partial charge in [0.25, 0.3) is 5.75 Å². The van der Waals surface area contributed by atoms with Crippen LogP contribution in [0.25, 0.3) is 11.6 Å². The van der Waals surface area contributed by atoms with Crippen LogP contribution in [0, 0.1) is 13.3 Å². The lowest BCUT2D eigenvalue weighted by molar-refractivity contribution is 0.103. The monoisotopic (exact) mass is 312 g/mol. The van der Waals surface area contributed by atoms with Crippen molar-refractivity contribution in [2.75, 3.05) is 0 Å². The van der Waals surface area contributed by atoms with Crippen molar-refractivity contribution >= 4 is 17.4 Å². The molecule has 0 unspecified atom stereocenters. The topological polar surface area (TPSA) is 37.0 Å². The fourth-order valence-electron chi connectivity index (χ4n) is 3.42. The first-order valence-electron chi connectivity index (χ1n) is 7.97. The van der Waals surface area contributed by atoms with E-state index in [0.717, 1.165) is 43.8 Å². The molecule has 4 rings (SSSR count). The first-order chi connectivity index (χ1) is 11.6. The molecule has 0 amide bonds. The molecule has 0 N–H and O–H groups in total. The maximum absolute atomic E-state index is 12.4. The average molecular weight is 312 g/mol. The van der Waals surface area contributed by atoms with E-state index in [1.54, 1.807) is 0 Å². The SMILES string of the molecule is CC1=C/C(=c2\cc(C)c([O])c3c2=CC=C[CH+]3)c2ccccc2C1=O. The number of Topliss-reactive ketones (excluding diaryl/α,β-unsaturated/α-hetero) is 1. The van der Waals surface area contributed by atoms with Crippen molar-refractivity contribution in [2.45, 2.75) is 13.8 Å². The van der Waals surface area contributed by atoms with Gasteiger partial charge in [0.05, 0.1) is 5.22 Å². The second-order valence-corrected chi connectivity index (χ2v) is 6.23. The molecule has 0 heterocycles. The van der Waals surface area contributed by atoms with E-state index in [1.165, 1.54) is 0 Å². The smallest absolute Gasteiger partial charge is 0.271 e. The Balaban J connectivity index is 2.22. The van der Waals surface area contributed by atoms with Crippen LogP contribution in [-0.4, -0.2) is 5.78 Å². The van der Waals surface area contributed by atoms with Crippen molar-refractivity contribution in [3.63, 3.8) is 0 Å². The molecule has 2 nitrogen and oxygen atoms in total. The molecule has 2 heteroatoms. The Morgan fingerprint density at radius 2 is 1.79 bits per heavy atom. The number of allylic oxidation sites excluding steroid dienone is 4. The van der Waals surface area contributed by atoms with Gasteiger partial charge in [0.15, 0.2) is 11.3 Å². The largest absolute Gasteiger partial charge is 0.289 e. The molecule has 2 aromatic rings. The van der Waals surface area contributed by atoms with E-state index in [-0.39, 0.29) is 11.5 Å². The second-order valence-electron chi connectivity index (χ2n) is 6.23. The summed E-state index contributed by atoms with van der Waals surface area (Å²) in [7, 11) is 0. The number of carbonyl (C=O) groups is 1. The highest BCUT2D eigenvalue weighted by atomic mass is 16.3. The number of hydrogen-bond acceptors (Lipinski definition) is 1. The molecule has 0 atom stereocenters. The summed E-state index contributed by atoms with van der Waals surface area (Å²) in [5, 5.41) is 14.4. The van der Waals surface area contributed by atoms with Crippen LogP contribution in [-0.2, 0) is 5.11 Å². The lowest BCUT2D eigenvalue weighted by Gasteiger charge is -2.16. The van der Waals surface area contributed by atoms with Gasteiger partial charge < -0.3 is 0 Å². The van der Waals surface area contributed by atoms with Crippen molar-refractivity contribution in [2.24, 2.45) is 0 Å². The predicted molar refractivity (Wildman–Crippen MR) is 94.6 cm³/mol. The van der Waals surface area contributed by atoms with Gasteiger partial charge in [0.2, 0.25) is 0 Å². The minimum absolute atomic E-state index is 0.0656. The van der Waals surface area contributed by atoms with Gasteiger partial charge in [-0.25, -0.2) is 5.11 Å². The first kappa shape index (κ1) is 14.6. The van der Waals surface area contributed by atoms with E-state index in [2.05, 4.69) is 0 Å². The van der Waals surface area contributed by atoms with Gasteiger partial charge in [0, 0.05) is 46.6 Å². The molecule has 0 saturated heterocycles. The molecule has 0 aromatic heterocycles. The highest BCUT2D eigenvalue weighted by molar-refractivity contribution is 6.15. The molecule has 0 aliphatic heterocycles. The lowest BCUT2D eigenvalue weighted by atomic mass is 9.85. The van der Waals surface area contributed by atoms with E-state index in [4.69, 9.17) is 0 Å². The summed E-state index contributed by atoms with van der Waals surface area (Å²) in [6.45, 7) is 3.69. The van der Waals surface area contributed by atoms with Gasteiger partial charge in [-0.3, -0.25) is 4.79 Å². The number of rotatable bonds is 0. The molecule has 0 spiro atoms. The first-order valence-corrected chi connectivity index (χ1v) is 7.97. The van der Waals surface area contributed by atoms with Gasteiger partial charge in [-0.1, -0.05) is 24.3 Å². The van der Waals surface area contributed by atoms with Crippen LogP contribution in [0.3, 0.4) is 0 Å². The predicted octanol–water partition coefficient (Wildman–Crippen LogP) is 3.38. The fraction of sp³-hybridized carbons (Fsp3) is 0.0909. The molecule has 115 valence electrons. The quantitative estimate of drug-likeness (QED) is 0.687. The normalized spacial score (nSPS) is 17.4. The third kappa shape index (κ3) is 2.04. The maximum Gasteiger partial charge on any atom is 0.271 e. The molecule has 1 radical (unpaired) electrons. The summed E-state index contributed by atoms with van der Waals surface area (Å²) in [4.78, 5) is 12.4. The van der Waals surface area contributed by atoms with Crippen LogP contribution in [0.4, 0.5) is 0 Å². The van der Waals surface area contributed by atoms with Gasteiger partial charge in [-0.15, -0.1) is 0 Å². The minimum atomic E-state index is 0.0656. The van der Waals surface area contributed by atoms with E-state index in [1.807, 2.05) is 74.9 Å². The molecule has 0 bridgehead atoms. The van der Waals surface area contributed by atoms with E-state index in [0.29, 0.717) is 0 Å². The second kappa shape index (κ2) is 5.27. The number of benzene rings is 2. The standard InChI is InChI=1S/C22H16O2/c1-13-11-19(15-7-3-5-9-17(15)21(13)23)20-12-14(2)22(24)18-10-6-4-8-16(18)20/h3-12H,1-2H3/q+1/b20-19-. The summed E-state index contributed by atoms with van der Waals surface area (Å²) in [6.07, 6.45) is 9.61. The average Bonchev–Trinajstić information content (AvgIpc) is 2.61. The third-order valence-corrected chi connectivity index (χ3v) is 4.65. The number of ketones is 1. The summed E-state index contributed by atoms with van der Waals surface area (Å²) >= 11 is 0. The van der Waals surface area contributed by atoms with Crippen molar-refractivity contribution in [1.82, 2.24) is 0 Å². The van der Waals surface area contributed by atoms with E-state index >= 15 is 0 Å². The van der Waals surface area contributed by atoms with Crippen molar-refractivity contribution in [3.8, 4) is 5.75 Å². The minimum Gasteiger partial charge on any atom is -0.289 e. The van der Waals surface area contributed by atoms with Gasteiger partial charge in [0.1, 0.15) is 0 Å². The number of fused-ring (bicyclic) bond motifs is 2. The Hall–Kier alpha value is -3.00. The molecule has 2 aliphatic carbocycles. The Morgan fingerprint density at radius 3 is 2.58 bits per heavy atom. The number of hydrogen-bond donors (Lipinski definition) is 0. The molecule has 2 aromatic carbocycles.